The summed E-state index contributed by atoms with van der Waals surface area (Å²) in [5.74, 6) is -1.06. The number of hydrogen-bond donors (Lipinski definition) is 2. The SMILES string of the molecule is C[C@H](NC(=O)c1cccc(=O)[nH]1)C(=O)OC(C)(C)C. The Bertz CT molecular complexity index is 528. The summed E-state index contributed by atoms with van der Waals surface area (Å²) in [6, 6.07) is 3.42. The van der Waals surface area contributed by atoms with Gasteiger partial charge in [0.25, 0.3) is 5.91 Å². The minimum atomic E-state index is -0.796. The van der Waals surface area contributed by atoms with Gasteiger partial charge in [-0.3, -0.25) is 9.59 Å². The molecule has 1 amide bonds. The lowest BCUT2D eigenvalue weighted by molar-refractivity contribution is -0.156. The molecule has 0 spiro atoms. The number of rotatable bonds is 3. The number of carbonyl (C=O) groups is 2. The highest BCUT2D eigenvalue weighted by atomic mass is 16.6. The van der Waals surface area contributed by atoms with E-state index in [2.05, 4.69) is 10.3 Å². The van der Waals surface area contributed by atoms with Crippen LogP contribution in [0.3, 0.4) is 0 Å². The monoisotopic (exact) mass is 266 g/mol. The van der Waals surface area contributed by atoms with Crippen LogP contribution in [0.4, 0.5) is 0 Å². The molecule has 0 aliphatic rings. The van der Waals surface area contributed by atoms with Gasteiger partial charge < -0.3 is 15.0 Å². The molecule has 0 aliphatic heterocycles. The zero-order chi connectivity index (χ0) is 14.6. The van der Waals surface area contributed by atoms with Crippen molar-refractivity contribution in [2.45, 2.75) is 39.3 Å². The molecule has 6 heteroatoms. The molecule has 1 heterocycles. The standard InChI is InChI=1S/C13H18N2O4/c1-8(12(18)19-13(2,3)4)14-11(17)9-6-5-7-10(16)15-9/h5-8H,1-4H3,(H,14,17)(H,15,16)/t8-/m0/s1. The quantitative estimate of drug-likeness (QED) is 0.793. The van der Waals surface area contributed by atoms with Gasteiger partial charge in [-0.1, -0.05) is 6.07 Å². The number of esters is 1. The van der Waals surface area contributed by atoms with E-state index in [9.17, 15) is 14.4 Å². The summed E-state index contributed by atoms with van der Waals surface area (Å²) in [4.78, 5) is 36.9. The molecule has 1 rings (SSSR count). The van der Waals surface area contributed by atoms with Gasteiger partial charge in [-0.25, -0.2) is 4.79 Å². The summed E-state index contributed by atoms with van der Waals surface area (Å²) < 4.78 is 5.13. The first kappa shape index (κ1) is 14.9. The van der Waals surface area contributed by atoms with Gasteiger partial charge in [0.1, 0.15) is 17.3 Å². The number of nitrogens with one attached hydrogen (secondary N) is 2. The fourth-order valence-electron chi connectivity index (χ4n) is 1.30. The molecule has 1 aromatic rings. The second-order valence-corrected chi connectivity index (χ2v) is 5.16. The Hall–Kier alpha value is -2.11. The normalized spacial score (nSPS) is 12.6. The number of aromatic nitrogens is 1. The van der Waals surface area contributed by atoms with E-state index in [1.807, 2.05) is 0 Å². The third-order valence-corrected chi connectivity index (χ3v) is 2.12. The lowest BCUT2D eigenvalue weighted by Gasteiger charge is -2.22. The number of carbonyl (C=O) groups excluding carboxylic acids is 2. The van der Waals surface area contributed by atoms with E-state index in [0.717, 1.165) is 0 Å². The molecule has 1 aromatic heterocycles. The third kappa shape index (κ3) is 4.95. The zero-order valence-electron chi connectivity index (χ0n) is 11.4. The van der Waals surface area contributed by atoms with Gasteiger partial charge in [-0.2, -0.15) is 0 Å². The topological polar surface area (TPSA) is 88.3 Å². The van der Waals surface area contributed by atoms with Gasteiger partial charge in [0.2, 0.25) is 5.56 Å². The summed E-state index contributed by atoms with van der Waals surface area (Å²) in [5, 5.41) is 2.46. The number of ether oxygens (including phenoxy) is 1. The molecule has 0 bridgehead atoms. The van der Waals surface area contributed by atoms with Crippen LogP contribution in [0, 0.1) is 0 Å². The summed E-state index contributed by atoms with van der Waals surface area (Å²) in [5.41, 5.74) is -0.891. The maximum absolute atomic E-state index is 11.8. The van der Waals surface area contributed by atoms with Gasteiger partial charge in [-0.15, -0.1) is 0 Å². The van der Waals surface area contributed by atoms with Crippen molar-refractivity contribution >= 4 is 11.9 Å². The predicted octanol–water partition coefficient (Wildman–Crippen LogP) is 0.835. The van der Waals surface area contributed by atoms with E-state index in [1.54, 1.807) is 20.8 Å². The van der Waals surface area contributed by atoms with Gasteiger partial charge in [0.05, 0.1) is 0 Å². The van der Waals surface area contributed by atoms with Crippen LogP contribution in [0.25, 0.3) is 0 Å². The van der Waals surface area contributed by atoms with Crippen molar-refractivity contribution in [1.82, 2.24) is 10.3 Å². The van der Waals surface area contributed by atoms with E-state index >= 15 is 0 Å². The average Bonchev–Trinajstić information content (AvgIpc) is 2.26. The Kier molecular flexibility index (Phi) is 4.47. The summed E-state index contributed by atoms with van der Waals surface area (Å²) in [6.45, 7) is 6.75. The Morgan fingerprint density at radius 3 is 2.47 bits per heavy atom. The molecular formula is C13H18N2O4. The largest absolute Gasteiger partial charge is 0.458 e. The minimum Gasteiger partial charge on any atom is -0.458 e. The van der Waals surface area contributed by atoms with Crippen molar-refractivity contribution in [3.8, 4) is 0 Å². The molecule has 0 saturated heterocycles. The Labute approximate surface area is 111 Å². The van der Waals surface area contributed by atoms with Crippen LogP contribution in [-0.4, -0.2) is 28.5 Å². The zero-order valence-corrected chi connectivity index (χ0v) is 11.4. The molecule has 0 unspecified atom stereocenters. The third-order valence-electron chi connectivity index (χ3n) is 2.12. The van der Waals surface area contributed by atoms with Crippen molar-refractivity contribution in [2.24, 2.45) is 0 Å². The first-order valence-corrected chi connectivity index (χ1v) is 5.92. The molecule has 6 nitrogen and oxygen atoms in total. The molecule has 0 aromatic carbocycles. The highest BCUT2D eigenvalue weighted by Crippen LogP contribution is 2.08. The fraction of sp³-hybridized carbons (Fsp3) is 0.462. The lowest BCUT2D eigenvalue weighted by Crippen LogP contribution is -2.42. The van der Waals surface area contributed by atoms with Gasteiger partial charge in [0.15, 0.2) is 0 Å². The average molecular weight is 266 g/mol. The van der Waals surface area contributed by atoms with Crippen LogP contribution in [0.1, 0.15) is 38.2 Å². The summed E-state index contributed by atoms with van der Waals surface area (Å²) in [6.07, 6.45) is 0. The first-order chi connectivity index (χ1) is 8.69. The molecule has 0 saturated carbocycles. The molecule has 1 atom stereocenters. The number of aromatic amines is 1. The maximum Gasteiger partial charge on any atom is 0.328 e. The van der Waals surface area contributed by atoms with Crippen LogP contribution in [0.15, 0.2) is 23.0 Å². The predicted molar refractivity (Wildman–Crippen MR) is 69.8 cm³/mol. The van der Waals surface area contributed by atoms with Crippen LogP contribution in [0.2, 0.25) is 0 Å². The molecule has 19 heavy (non-hydrogen) atoms. The van der Waals surface area contributed by atoms with Crippen LogP contribution in [-0.2, 0) is 9.53 Å². The van der Waals surface area contributed by atoms with E-state index in [0.29, 0.717) is 0 Å². The number of H-pyrrole nitrogens is 1. The minimum absolute atomic E-state index is 0.0999. The van der Waals surface area contributed by atoms with Crippen LogP contribution < -0.4 is 10.9 Å². The number of pyridine rings is 1. The molecular weight excluding hydrogens is 248 g/mol. The van der Waals surface area contributed by atoms with Crippen LogP contribution in [0.5, 0.6) is 0 Å². The summed E-state index contributed by atoms with van der Waals surface area (Å²) >= 11 is 0. The van der Waals surface area contributed by atoms with E-state index < -0.39 is 23.5 Å². The molecule has 2 N–H and O–H groups in total. The van der Waals surface area contributed by atoms with Gasteiger partial charge >= 0.3 is 5.97 Å². The molecule has 0 fully saturated rings. The van der Waals surface area contributed by atoms with Crippen molar-refractivity contribution in [3.63, 3.8) is 0 Å². The Balaban J connectivity index is 2.67. The molecule has 0 radical (unpaired) electrons. The smallest absolute Gasteiger partial charge is 0.328 e. The Morgan fingerprint density at radius 1 is 1.32 bits per heavy atom. The van der Waals surface area contributed by atoms with E-state index in [1.165, 1.54) is 25.1 Å². The second-order valence-electron chi connectivity index (χ2n) is 5.16. The number of hydrogen-bond acceptors (Lipinski definition) is 4. The molecule has 104 valence electrons. The van der Waals surface area contributed by atoms with Crippen molar-refractivity contribution < 1.29 is 14.3 Å². The highest BCUT2D eigenvalue weighted by Gasteiger charge is 2.23. The van der Waals surface area contributed by atoms with Crippen LogP contribution >= 0.6 is 0 Å². The van der Waals surface area contributed by atoms with Crippen molar-refractivity contribution in [3.05, 3.63) is 34.2 Å². The fourth-order valence-corrected chi connectivity index (χ4v) is 1.30. The van der Waals surface area contributed by atoms with E-state index in [4.69, 9.17) is 4.74 Å². The summed E-state index contributed by atoms with van der Waals surface area (Å²) in [7, 11) is 0. The second kappa shape index (κ2) is 5.69. The molecule has 0 aliphatic carbocycles. The maximum atomic E-state index is 11.8. The van der Waals surface area contributed by atoms with Gasteiger partial charge in [0, 0.05) is 6.07 Å². The van der Waals surface area contributed by atoms with E-state index in [-0.39, 0.29) is 11.3 Å². The highest BCUT2D eigenvalue weighted by molar-refractivity contribution is 5.95. The van der Waals surface area contributed by atoms with Crippen molar-refractivity contribution in [1.29, 1.82) is 0 Å². The lowest BCUT2D eigenvalue weighted by atomic mass is 10.2. The first-order valence-electron chi connectivity index (χ1n) is 5.92. The Morgan fingerprint density at radius 2 is 1.95 bits per heavy atom. The van der Waals surface area contributed by atoms with Gasteiger partial charge in [-0.05, 0) is 33.8 Å². The van der Waals surface area contributed by atoms with Crippen molar-refractivity contribution in [2.75, 3.05) is 0 Å². The number of amides is 1.